The monoisotopic (exact) mass is 402 g/mol. The summed E-state index contributed by atoms with van der Waals surface area (Å²) in [5.41, 5.74) is 4.84. The Labute approximate surface area is 172 Å². The molecule has 2 heterocycles. The van der Waals surface area contributed by atoms with Crippen LogP contribution in [0.5, 0.6) is 0 Å². The van der Waals surface area contributed by atoms with Gasteiger partial charge < -0.3 is 24.8 Å². The Hall–Kier alpha value is -1.89. The lowest BCUT2D eigenvalue weighted by molar-refractivity contribution is -0.142. The van der Waals surface area contributed by atoms with Gasteiger partial charge in [-0.1, -0.05) is 12.1 Å². The van der Waals surface area contributed by atoms with Gasteiger partial charge in [-0.25, -0.2) is 0 Å². The van der Waals surface area contributed by atoms with Crippen LogP contribution in [-0.2, 0) is 16.0 Å². The van der Waals surface area contributed by atoms with Gasteiger partial charge in [0.15, 0.2) is 0 Å². The zero-order chi connectivity index (χ0) is 21.2. The molecule has 29 heavy (non-hydrogen) atoms. The fraction of sp³-hybridized carbons (Fsp3) is 0.609. The molecule has 2 atom stereocenters. The molecule has 0 unspecified atom stereocenters. The first-order valence-corrected chi connectivity index (χ1v) is 10.5. The van der Waals surface area contributed by atoms with E-state index in [2.05, 4.69) is 31.0 Å². The van der Waals surface area contributed by atoms with Crippen molar-refractivity contribution in [1.82, 2.24) is 9.88 Å². The van der Waals surface area contributed by atoms with E-state index in [1.54, 1.807) is 7.11 Å². The largest absolute Gasteiger partial charge is 0.396 e. The van der Waals surface area contributed by atoms with Gasteiger partial charge in [-0.2, -0.15) is 0 Å². The van der Waals surface area contributed by atoms with Crippen LogP contribution in [0.15, 0.2) is 12.1 Å². The Balaban J connectivity index is 1.82. The van der Waals surface area contributed by atoms with E-state index in [9.17, 15) is 15.0 Å². The number of rotatable bonds is 7. The van der Waals surface area contributed by atoms with E-state index >= 15 is 0 Å². The number of aromatic amines is 1. The number of hydrogen-bond acceptors (Lipinski definition) is 4. The summed E-state index contributed by atoms with van der Waals surface area (Å²) in [6.07, 6.45) is 1.59. The normalized spacial score (nSPS) is 22.4. The van der Waals surface area contributed by atoms with Crippen molar-refractivity contribution >= 4 is 16.8 Å². The lowest BCUT2D eigenvalue weighted by atomic mass is 9.74. The molecule has 3 rings (SSSR count). The third-order valence-corrected chi connectivity index (χ3v) is 6.59. The average molecular weight is 403 g/mol. The summed E-state index contributed by atoms with van der Waals surface area (Å²) >= 11 is 0. The minimum Gasteiger partial charge on any atom is -0.396 e. The number of benzene rings is 1. The SMILES string of the molecule is COCCC[C@@]1(CO)CN(C(=O)Cc2c(C)[nH]c3c(C)ccc(C)c23)CC[C@H]1O. The number of fused-ring (bicyclic) bond motifs is 1. The molecule has 0 bridgehead atoms. The molecule has 3 N–H and O–H groups in total. The van der Waals surface area contributed by atoms with Gasteiger partial charge in [0, 0.05) is 48.8 Å². The number of aliphatic hydroxyl groups is 2. The molecule has 6 nitrogen and oxygen atoms in total. The first-order chi connectivity index (χ1) is 13.8. The maximum Gasteiger partial charge on any atom is 0.227 e. The summed E-state index contributed by atoms with van der Waals surface area (Å²) < 4.78 is 5.13. The number of piperidine rings is 1. The highest BCUT2D eigenvalue weighted by molar-refractivity contribution is 5.93. The lowest BCUT2D eigenvalue weighted by Crippen LogP contribution is -2.55. The van der Waals surface area contributed by atoms with Gasteiger partial charge in [0.05, 0.1) is 19.1 Å². The van der Waals surface area contributed by atoms with Crippen molar-refractivity contribution in [3.05, 3.63) is 34.5 Å². The van der Waals surface area contributed by atoms with Crippen LogP contribution in [0.2, 0.25) is 0 Å². The molecule has 1 aliphatic rings. The van der Waals surface area contributed by atoms with Crippen LogP contribution >= 0.6 is 0 Å². The van der Waals surface area contributed by atoms with Crippen molar-refractivity contribution in [2.75, 3.05) is 33.4 Å². The number of nitrogens with zero attached hydrogens (tertiary/aromatic N) is 1. The topological polar surface area (TPSA) is 85.8 Å². The molecular formula is C23H34N2O4. The summed E-state index contributed by atoms with van der Waals surface area (Å²) in [5.74, 6) is 0.0476. The Morgan fingerprint density at radius 1 is 1.31 bits per heavy atom. The fourth-order valence-corrected chi connectivity index (χ4v) is 4.71. The Kier molecular flexibility index (Phi) is 6.66. The van der Waals surface area contributed by atoms with Crippen LogP contribution < -0.4 is 0 Å². The number of ether oxygens (including phenoxy) is 1. The van der Waals surface area contributed by atoms with Crippen LogP contribution in [0.4, 0.5) is 0 Å². The second-order valence-corrected chi connectivity index (χ2v) is 8.59. The minimum absolute atomic E-state index is 0.0476. The molecule has 0 saturated carbocycles. The first kappa shape index (κ1) is 21.8. The highest BCUT2D eigenvalue weighted by atomic mass is 16.5. The van der Waals surface area contributed by atoms with Crippen molar-refractivity contribution in [3.63, 3.8) is 0 Å². The van der Waals surface area contributed by atoms with E-state index in [0.29, 0.717) is 39.0 Å². The van der Waals surface area contributed by atoms with Gasteiger partial charge in [-0.15, -0.1) is 0 Å². The van der Waals surface area contributed by atoms with Crippen LogP contribution in [0.25, 0.3) is 10.9 Å². The lowest BCUT2D eigenvalue weighted by Gasteiger charge is -2.45. The molecule has 1 aromatic carbocycles. The predicted octanol–water partition coefficient (Wildman–Crippen LogP) is 2.63. The van der Waals surface area contributed by atoms with E-state index in [1.807, 2.05) is 11.8 Å². The Morgan fingerprint density at radius 2 is 2.03 bits per heavy atom. The summed E-state index contributed by atoms with van der Waals surface area (Å²) in [5, 5.41) is 21.8. The molecular weight excluding hydrogens is 368 g/mol. The van der Waals surface area contributed by atoms with Crippen molar-refractivity contribution in [2.24, 2.45) is 5.41 Å². The summed E-state index contributed by atoms with van der Waals surface area (Å²) in [6, 6.07) is 4.20. The third-order valence-electron chi connectivity index (χ3n) is 6.59. The highest BCUT2D eigenvalue weighted by Gasteiger charge is 2.43. The summed E-state index contributed by atoms with van der Waals surface area (Å²) in [6.45, 7) is 7.52. The van der Waals surface area contributed by atoms with Crippen molar-refractivity contribution in [3.8, 4) is 0 Å². The third kappa shape index (κ3) is 4.20. The van der Waals surface area contributed by atoms with Gasteiger partial charge in [-0.05, 0) is 56.7 Å². The second kappa shape index (κ2) is 8.86. The molecule has 0 aliphatic carbocycles. The zero-order valence-corrected chi connectivity index (χ0v) is 18.0. The molecule has 1 aromatic heterocycles. The highest BCUT2D eigenvalue weighted by Crippen LogP contribution is 2.35. The number of aliphatic hydroxyl groups excluding tert-OH is 2. The van der Waals surface area contributed by atoms with E-state index in [-0.39, 0.29) is 12.5 Å². The number of likely N-dealkylation sites (tertiary alicyclic amines) is 1. The molecule has 0 spiro atoms. The number of hydrogen-bond donors (Lipinski definition) is 3. The predicted molar refractivity (Wildman–Crippen MR) is 114 cm³/mol. The number of carbonyl (C=O) groups is 1. The number of aryl methyl sites for hydroxylation is 3. The van der Waals surface area contributed by atoms with Crippen molar-refractivity contribution < 1.29 is 19.7 Å². The van der Waals surface area contributed by atoms with Crippen molar-refractivity contribution in [2.45, 2.75) is 52.6 Å². The zero-order valence-electron chi connectivity index (χ0n) is 18.0. The van der Waals surface area contributed by atoms with Crippen LogP contribution in [-0.4, -0.2) is 65.5 Å². The molecule has 1 fully saturated rings. The van der Waals surface area contributed by atoms with E-state index in [1.165, 1.54) is 5.56 Å². The standard InChI is InChI=1S/C23H34N2O4/c1-15-6-7-16(2)22-21(15)18(17(3)24-22)12-20(28)25-10-8-19(27)23(13-25,14-26)9-5-11-29-4/h6-7,19,24,26-27H,5,8-14H2,1-4H3/t19-,23+/m1/s1. The average Bonchev–Trinajstić information content (AvgIpc) is 3.04. The van der Waals surface area contributed by atoms with Gasteiger partial charge >= 0.3 is 0 Å². The molecule has 0 radical (unpaired) electrons. The number of carbonyl (C=O) groups excluding carboxylic acids is 1. The van der Waals surface area contributed by atoms with Gasteiger partial charge in [-0.3, -0.25) is 4.79 Å². The smallest absolute Gasteiger partial charge is 0.227 e. The second-order valence-electron chi connectivity index (χ2n) is 8.59. The van der Waals surface area contributed by atoms with Crippen molar-refractivity contribution in [1.29, 1.82) is 0 Å². The number of nitrogens with one attached hydrogen (secondary N) is 1. The van der Waals surface area contributed by atoms with Crippen LogP contribution in [0.1, 0.15) is 41.6 Å². The van der Waals surface area contributed by atoms with Gasteiger partial charge in [0.1, 0.15) is 0 Å². The molecule has 1 saturated heterocycles. The van der Waals surface area contributed by atoms with Gasteiger partial charge in [0.2, 0.25) is 5.91 Å². The van der Waals surface area contributed by atoms with E-state index < -0.39 is 11.5 Å². The number of aromatic nitrogens is 1. The molecule has 1 amide bonds. The minimum atomic E-state index is -0.672. The van der Waals surface area contributed by atoms with Crippen LogP contribution in [0, 0.1) is 26.2 Å². The van der Waals surface area contributed by atoms with E-state index in [4.69, 9.17) is 4.74 Å². The maximum absolute atomic E-state index is 13.2. The molecule has 6 heteroatoms. The summed E-state index contributed by atoms with van der Waals surface area (Å²) in [4.78, 5) is 18.5. The molecule has 160 valence electrons. The van der Waals surface area contributed by atoms with Gasteiger partial charge in [0.25, 0.3) is 0 Å². The number of amides is 1. The molecule has 1 aliphatic heterocycles. The first-order valence-electron chi connectivity index (χ1n) is 10.5. The number of methoxy groups -OCH3 is 1. The fourth-order valence-electron chi connectivity index (χ4n) is 4.71. The number of H-pyrrole nitrogens is 1. The van der Waals surface area contributed by atoms with Crippen LogP contribution in [0.3, 0.4) is 0 Å². The Morgan fingerprint density at radius 3 is 2.72 bits per heavy atom. The quantitative estimate of drug-likeness (QED) is 0.622. The molecule has 2 aromatic rings. The maximum atomic E-state index is 13.2. The van der Waals surface area contributed by atoms with E-state index in [0.717, 1.165) is 34.1 Å². The summed E-state index contributed by atoms with van der Waals surface area (Å²) in [7, 11) is 1.64. The Bertz CT molecular complexity index is 875.